The van der Waals surface area contributed by atoms with E-state index in [1.807, 2.05) is 13.8 Å². The fourth-order valence-corrected chi connectivity index (χ4v) is 4.49. The van der Waals surface area contributed by atoms with E-state index in [4.69, 9.17) is 16.3 Å². The molecule has 2 aromatic rings. The molecule has 0 aliphatic carbocycles. The molecule has 10 heteroatoms. The molecule has 2 amide bonds. The van der Waals surface area contributed by atoms with E-state index in [1.54, 1.807) is 63.4 Å². The molecule has 192 valence electrons. The lowest BCUT2D eigenvalue weighted by molar-refractivity contribution is -0.139. The summed E-state index contributed by atoms with van der Waals surface area (Å²) in [5, 5.41) is 3.24. The first-order chi connectivity index (χ1) is 16.3. The Hall–Kier alpha value is -2.78. The molecule has 0 aliphatic rings. The number of carbonyl (C=O) groups excluding carboxylic acids is 2. The Kier molecular flexibility index (Phi) is 9.97. The van der Waals surface area contributed by atoms with Crippen LogP contribution in [-0.4, -0.2) is 57.6 Å². The summed E-state index contributed by atoms with van der Waals surface area (Å²) < 4.78 is 31.6. The van der Waals surface area contributed by atoms with Crippen molar-refractivity contribution in [1.82, 2.24) is 10.2 Å². The molecule has 0 aliphatic heterocycles. The molecular formula is C25H34ClN3O5S. The maximum Gasteiger partial charge on any atom is 0.244 e. The average Bonchev–Trinajstić information content (AvgIpc) is 2.80. The highest BCUT2D eigenvalue weighted by Crippen LogP contribution is 2.28. The summed E-state index contributed by atoms with van der Waals surface area (Å²) >= 11 is 6.21. The van der Waals surface area contributed by atoms with Crippen LogP contribution < -0.4 is 14.4 Å². The van der Waals surface area contributed by atoms with Gasteiger partial charge in [0.05, 0.1) is 19.1 Å². The van der Waals surface area contributed by atoms with Crippen LogP contribution in [0.1, 0.15) is 31.9 Å². The quantitative estimate of drug-likeness (QED) is 0.485. The Morgan fingerprint density at radius 3 is 2.26 bits per heavy atom. The van der Waals surface area contributed by atoms with Crippen LogP contribution in [-0.2, 0) is 26.2 Å². The monoisotopic (exact) mass is 523 g/mol. The maximum atomic E-state index is 13.6. The van der Waals surface area contributed by atoms with E-state index in [2.05, 4.69) is 5.32 Å². The van der Waals surface area contributed by atoms with Crippen LogP contribution in [0.4, 0.5) is 5.69 Å². The third kappa shape index (κ3) is 7.86. The van der Waals surface area contributed by atoms with E-state index in [9.17, 15) is 18.0 Å². The number of nitrogens with zero attached hydrogens (tertiary/aromatic N) is 2. The number of rotatable bonds is 11. The highest BCUT2D eigenvalue weighted by atomic mass is 35.5. The Morgan fingerprint density at radius 1 is 1.09 bits per heavy atom. The van der Waals surface area contributed by atoms with Gasteiger partial charge in [0.2, 0.25) is 21.8 Å². The predicted molar refractivity (Wildman–Crippen MR) is 139 cm³/mol. The van der Waals surface area contributed by atoms with Crippen molar-refractivity contribution in [3.8, 4) is 5.75 Å². The number of halogens is 1. The molecule has 1 N–H and O–H groups in total. The largest absolute Gasteiger partial charge is 0.497 e. The lowest BCUT2D eigenvalue weighted by Crippen LogP contribution is -2.51. The van der Waals surface area contributed by atoms with Gasteiger partial charge in [0.1, 0.15) is 18.3 Å². The van der Waals surface area contributed by atoms with Gasteiger partial charge in [0.15, 0.2) is 0 Å². The van der Waals surface area contributed by atoms with Crippen molar-refractivity contribution in [2.45, 2.75) is 40.3 Å². The minimum atomic E-state index is -3.82. The molecule has 0 radical (unpaired) electrons. The normalized spacial score (nSPS) is 12.2. The molecule has 2 aromatic carbocycles. The molecule has 0 heterocycles. The van der Waals surface area contributed by atoms with Crippen molar-refractivity contribution in [2.24, 2.45) is 5.92 Å². The molecule has 1 unspecified atom stereocenters. The first kappa shape index (κ1) is 28.5. The van der Waals surface area contributed by atoms with Gasteiger partial charge in [-0.15, -0.1) is 0 Å². The molecule has 35 heavy (non-hydrogen) atoms. The van der Waals surface area contributed by atoms with E-state index in [1.165, 1.54) is 4.90 Å². The summed E-state index contributed by atoms with van der Waals surface area (Å²) in [5.41, 5.74) is 1.62. The number of ether oxygens (including phenoxy) is 1. The van der Waals surface area contributed by atoms with Crippen LogP contribution in [0.5, 0.6) is 5.75 Å². The molecule has 0 bridgehead atoms. The number of hydrogen-bond donors (Lipinski definition) is 1. The third-order valence-electron chi connectivity index (χ3n) is 5.55. The van der Waals surface area contributed by atoms with Gasteiger partial charge in [-0.05, 0) is 55.2 Å². The second kappa shape index (κ2) is 12.3. The van der Waals surface area contributed by atoms with Crippen LogP contribution in [0.2, 0.25) is 5.02 Å². The van der Waals surface area contributed by atoms with Gasteiger partial charge in [-0.1, -0.05) is 43.6 Å². The number of amides is 2. The van der Waals surface area contributed by atoms with Gasteiger partial charge in [0, 0.05) is 18.1 Å². The van der Waals surface area contributed by atoms with Crippen LogP contribution in [0.15, 0.2) is 42.5 Å². The molecule has 8 nitrogen and oxygen atoms in total. The van der Waals surface area contributed by atoms with Crippen molar-refractivity contribution in [3.05, 3.63) is 58.6 Å². The van der Waals surface area contributed by atoms with Gasteiger partial charge in [-0.3, -0.25) is 13.9 Å². The second-order valence-corrected chi connectivity index (χ2v) is 11.2. The van der Waals surface area contributed by atoms with Gasteiger partial charge in [0.25, 0.3) is 0 Å². The number of anilines is 1. The SMILES string of the molecule is COc1ccc(CN(C(=O)CN(c2cccc(Cl)c2C)S(C)(=O)=O)C(C)C(=O)NCC(C)C)cc1. The van der Waals surface area contributed by atoms with Crippen molar-refractivity contribution in [2.75, 3.05) is 30.8 Å². The molecule has 0 fully saturated rings. The average molecular weight is 524 g/mol. The Labute approximate surface area is 213 Å². The van der Waals surface area contributed by atoms with Crippen molar-refractivity contribution in [1.29, 1.82) is 0 Å². The zero-order chi connectivity index (χ0) is 26.3. The molecule has 0 saturated carbocycles. The van der Waals surface area contributed by atoms with Crippen molar-refractivity contribution >= 4 is 39.1 Å². The Balaban J connectivity index is 2.40. The second-order valence-electron chi connectivity index (χ2n) is 8.84. The zero-order valence-electron chi connectivity index (χ0n) is 21.0. The predicted octanol–water partition coefficient (Wildman–Crippen LogP) is 3.61. The number of carbonyl (C=O) groups is 2. The Morgan fingerprint density at radius 2 is 1.71 bits per heavy atom. The van der Waals surface area contributed by atoms with Gasteiger partial charge >= 0.3 is 0 Å². The molecule has 0 aromatic heterocycles. The third-order valence-corrected chi connectivity index (χ3v) is 7.09. The van der Waals surface area contributed by atoms with E-state index in [-0.39, 0.29) is 18.4 Å². The molecule has 1 atom stereocenters. The minimum absolute atomic E-state index is 0.116. The Bertz CT molecular complexity index is 1140. The summed E-state index contributed by atoms with van der Waals surface area (Å²) in [6, 6.07) is 11.2. The van der Waals surface area contributed by atoms with E-state index >= 15 is 0 Å². The molecule has 0 saturated heterocycles. The smallest absolute Gasteiger partial charge is 0.244 e. The number of nitrogens with one attached hydrogen (secondary N) is 1. The number of sulfonamides is 1. The van der Waals surface area contributed by atoms with Gasteiger partial charge in [-0.25, -0.2) is 8.42 Å². The lowest BCUT2D eigenvalue weighted by Gasteiger charge is -2.32. The first-order valence-corrected chi connectivity index (χ1v) is 13.5. The van der Waals surface area contributed by atoms with Crippen LogP contribution >= 0.6 is 11.6 Å². The molecule has 2 rings (SSSR count). The summed E-state index contributed by atoms with van der Waals surface area (Å²) in [6.45, 7) is 7.38. The summed E-state index contributed by atoms with van der Waals surface area (Å²) in [5.74, 6) is 0.0701. The van der Waals surface area contributed by atoms with Crippen LogP contribution in [0.3, 0.4) is 0 Å². The fourth-order valence-electron chi connectivity index (χ4n) is 3.42. The summed E-state index contributed by atoms with van der Waals surface area (Å²) in [4.78, 5) is 27.8. The van der Waals surface area contributed by atoms with E-state index in [0.717, 1.165) is 16.1 Å². The van der Waals surface area contributed by atoms with E-state index < -0.39 is 28.5 Å². The standard InChI is InChI=1S/C25H34ClN3O5S/c1-17(2)14-27-25(31)19(4)28(15-20-10-12-21(34-5)13-11-20)24(30)16-29(35(6,32)33)23-9-7-8-22(26)18(23)3/h7-13,17,19H,14-16H2,1-6H3,(H,27,31). The maximum absolute atomic E-state index is 13.6. The van der Waals surface area contributed by atoms with Crippen molar-refractivity contribution < 1.29 is 22.7 Å². The number of benzene rings is 2. The van der Waals surface area contributed by atoms with Gasteiger partial charge in [-0.2, -0.15) is 0 Å². The van der Waals surface area contributed by atoms with Gasteiger partial charge < -0.3 is 15.0 Å². The van der Waals surface area contributed by atoms with Crippen molar-refractivity contribution in [3.63, 3.8) is 0 Å². The highest BCUT2D eigenvalue weighted by molar-refractivity contribution is 7.92. The fraction of sp³-hybridized carbons (Fsp3) is 0.440. The van der Waals surface area contributed by atoms with E-state index in [0.29, 0.717) is 28.6 Å². The number of methoxy groups -OCH3 is 1. The first-order valence-electron chi connectivity index (χ1n) is 11.3. The molecular weight excluding hydrogens is 490 g/mol. The summed E-state index contributed by atoms with van der Waals surface area (Å²) in [7, 11) is -2.27. The van der Waals surface area contributed by atoms with Crippen LogP contribution in [0.25, 0.3) is 0 Å². The minimum Gasteiger partial charge on any atom is -0.497 e. The zero-order valence-corrected chi connectivity index (χ0v) is 22.6. The highest BCUT2D eigenvalue weighted by Gasteiger charge is 2.30. The number of hydrogen-bond acceptors (Lipinski definition) is 5. The topological polar surface area (TPSA) is 96.0 Å². The summed E-state index contributed by atoms with van der Waals surface area (Å²) in [6.07, 6.45) is 1.03. The molecule has 0 spiro atoms. The lowest BCUT2D eigenvalue weighted by atomic mass is 10.1. The van der Waals surface area contributed by atoms with Crippen LogP contribution in [0, 0.1) is 12.8 Å².